The summed E-state index contributed by atoms with van der Waals surface area (Å²) < 4.78 is 13.2. The van der Waals surface area contributed by atoms with Crippen LogP contribution in [0.2, 0.25) is 0 Å². The monoisotopic (exact) mass is 264 g/mol. The van der Waals surface area contributed by atoms with E-state index < -0.39 is 0 Å². The molecule has 1 aliphatic carbocycles. The smallest absolute Gasteiger partial charge is 0.224 e. The number of hydrogen-bond donors (Lipinski definition) is 1. The van der Waals surface area contributed by atoms with Gasteiger partial charge in [0.25, 0.3) is 0 Å². The van der Waals surface area contributed by atoms with Gasteiger partial charge in [-0.05, 0) is 37.1 Å². The Hall–Kier alpha value is -1.42. The summed E-state index contributed by atoms with van der Waals surface area (Å²) in [5.74, 6) is -0.0824. The Morgan fingerprint density at radius 2 is 2.26 bits per heavy atom. The number of carbonyl (C=O) groups is 1. The normalized spacial score (nSPS) is 14.4. The van der Waals surface area contributed by atoms with Crippen LogP contribution >= 0.6 is 0 Å². The molecule has 1 aliphatic rings. The van der Waals surface area contributed by atoms with Crippen molar-refractivity contribution >= 4 is 5.91 Å². The number of nitrogens with one attached hydrogen (secondary N) is 1. The number of nitrogens with zero attached hydrogens (tertiary/aromatic N) is 1. The van der Waals surface area contributed by atoms with E-state index in [0.29, 0.717) is 25.6 Å². The van der Waals surface area contributed by atoms with E-state index in [1.807, 2.05) is 17.9 Å². The second kappa shape index (κ2) is 6.66. The van der Waals surface area contributed by atoms with Crippen LogP contribution < -0.4 is 5.32 Å². The molecule has 0 saturated heterocycles. The van der Waals surface area contributed by atoms with Crippen LogP contribution in [0.25, 0.3) is 0 Å². The zero-order valence-electron chi connectivity index (χ0n) is 11.4. The molecule has 0 heterocycles. The third-order valence-electron chi connectivity index (χ3n) is 3.32. The first-order chi connectivity index (χ1) is 9.20. The van der Waals surface area contributed by atoms with E-state index in [9.17, 15) is 9.18 Å². The molecule has 0 aromatic heterocycles. The standard InChI is InChI=1S/C15H21FN2O/c1-2-17-9-8-15(19)18(14-6-7-14)11-12-4-3-5-13(16)10-12/h3-5,10,14,17H,2,6-9,11H2,1H3. The van der Waals surface area contributed by atoms with Crippen LogP contribution in [0.3, 0.4) is 0 Å². The Kier molecular flexibility index (Phi) is 4.91. The quantitative estimate of drug-likeness (QED) is 0.767. The van der Waals surface area contributed by atoms with Crippen molar-refractivity contribution in [2.75, 3.05) is 13.1 Å². The Morgan fingerprint density at radius 1 is 1.47 bits per heavy atom. The SMILES string of the molecule is CCNCCC(=O)N(Cc1cccc(F)c1)C1CC1. The highest BCUT2D eigenvalue weighted by molar-refractivity contribution is 5.77. The van der Waals surface area contributed by atoms with Gasteiger partial charge in [0.2, 0.25) is 5.91 Å². The summed E-state index contributed by atoms with van der Waals surface area (Å²) in [6, 6.07) is 6.86. The van der Waals surface area contributed by atoms with Gasteiger partial charge in [-0.1, -0.05) is 19.1 Å². The van der Waals surface area contributed by atoms with Crippen LogP contribution in [0, 0.1) is 5.82 Å². The van der Waals surface area contributed by atoms with Gasteiger partial charge < -0.3 is 10.2 Å². The summed E-state index contributed by atoms with van der Waals surface area (Å²) in [6.45, 7) is 4.13. The predicted octanol–water partition coefficient (Wildman–Crippen LogP) is 2.32. The second-order valence-corrected chi connectivity index (χ2v) is 4.99. The van der Waals surface area contributed by atoms with Gasteiger partial charge in [-0.25, -0.2) is 4.39 Å². The third-order valence-corrected chi connectivity index (χ3v) is 3.32. The van der Waals surface area contributed by atoms with Crippen molar-refractivity contribution < 1.29 is 9.18 Å². The zero-order chi connectivity index (χ0) is 13.7. The molecular formula is C15H21FN2O. The predicted molar refractivity (Wildman–Crippen MR) is 73.1 cm³/mol. The molecule has 19 heavy (non-hydrogen) atoms. The fraction of sp³-hybridized carbons (Fsp3) is 0.533. The Balaban J connectivity index is 1.94. The summed E-state index contributed by atoms with van der Waals surface area (Å²) in [6.07, 6.45) is 2.66. The molecule has 4 heteroatoms. The Bertz CT molecular complexity index is 432. The highest BCUT2D eigenvalue weighted by atomic mass is 19.1. The van der Waals surface area contributed by atoms with E-state index in [4.69, 9.17) is 0 Å². The van der Waals surface area contributed by atoms with Crippen molar-refractivity contribution in [1.82, 2.24) is 10.2 Å². The molecule has 1 saturated carbocycles. The van der Waals surface area contributed by atoms with Crippen LogP contribution in [0.5, 0.6) is 0 Å². The average Bonchev–Trinajstić information content (AvgIpc) is 3.20. The average molecular weight is 264 g/mol. The molecular weight excluding hydrogens is 243 g/mol. The number of amides is 1. The van der Waals surface area contributed by atoms with E-state index in [2.05, 4.69) is 5.32 Å². The molecule has 0 radical (unpaired) electrons. The van der Waals surface area contributed by atoms with Gasteiger partial charge >= 0.3 is 0 Å². The highest BCUT2D eigenvalue weighted by Gasteiger charge is 2.32. The molecule has 1 N–H and O–H groups in total. The van der Waals surface area contributed by atoms with Crippen molar-refractivity contribution in [2.45, 2.75) is 38.8 Å². The van der Waals surface area contributed by atoms with Gasteiger partial charge in [-0.15, -0.1) is 0 Å². The molecule has 0 spiro atoms. The van der Waals surface area contributed by atoms with Crippen molar-refractivity contribution in [3.63, 3.8) is 0 Å². The number of hydrogen-bond acceptors (Lipinski definition) is 2. The molecule has 0 unspecified atom stereocenters. The molecule has 104 valence electrons. The molecule has 1 fully saturated rings. The summed E-state index contributed by atoms with van der Waals surface area (Å²) in [4.78, 5) is 14.1. The van der Waals surface area contributed by atoms with Crippen LogP contribution in [0.1, 0.15) is 31.7 Å². The lowest BCUT2D eigenvalue weighted by molar-refractivity contribution is -0.132. The fourth-order valence-electron chi connectivity index (χ4n) is 2.15. The molecule has 2 rings (SSSR count). The zero-order valence-corrected chi connectivity index (χ0v) is 11.4. The van der Waals surface area contributed by atoms with Crippen molar-refractivity contribution in [3.8, 4) is 0 Å². The molecule has 0 atom stereocenters. The lowest BCUT2D eigenvalue weighted by atomic mass is 10.2. The maximum Gasteiger partial charge on any atom is 0.224 e. The molecule has 0 aliphatic heterocycles. The summed E-state index contributed by atoms with van der Waals surface area (Å²) in [5, 5.41) is 3.16. The Morgan fingerprint density at radius 3 is 2.89 bits per heavy atom. The first kappa shape index (κ1) is 14.0. The minimum atomic E-state index is -0.242. The van der Waals surface area contributed by atoms with Crippen molar-refractivity contribution in [2.24, 2.45) is 0 Å². The maximum absolute atomic E-state index is 13.2. The highest BCUT2D eigenvalue weighted by Crippen LogP contribution is 2.29. The summed E-state index contributed by atoms with van der Waals surface area (Å²) in [7, 11) is 0. The topological polar surface area (TPSA) is 32.3 Å². The minimum absolute atomic E-state index is 0.160. The van der Waals surface area contributed by atoms with Crippen LogP contribution in [-0.4, -0.2) is 29.9 Å². The number of halogens is 1. The van der Waals surface area contributed by atoms with E-state index in [1.54, 1.807) is 6.07 Å². The molecule has 0 bridgehead atoms. The summed E-state index contributed by atoms with van der Waals surface area (Å²) in [5.41, 5.74) is 0.865. The minimum Gasteiger partial charge on any atom is -0.335 e. The van der Waals surface area contributed by atoms with Gasteiger partial charge in [-0.3, -0.25) is 4.79 Å². The van der Waals surface area contributed by atoms with Gasteiger partial charge in [0.05, 0.1) is 0 Å². The van der Waals surface area contributed by atoms with Crippen LogP contribution in [-0.2, 0) is 11.3 Å². The summed E-state index contributed by atoms with van der Waals surface area (Å²) >= 11 is 0. The van der Waals surface area contributed by atoms with Crippen LogP contribution in [0.4, 0.5) is 4.39 Å². The van der Waals surface area contributed by atoms with E-state index in [-0.39, 0.29) is 11.7 Å². The van der Waals surface area contributed by atoms with Gasteiger partial charge in [0.1, 0.15) is 5.82 Å². The molecule has 1 aromatic rings. The largest absolute Gasteiger partial charge is 0.335 e. The van der Waals surface area contributed by atoms with Gasteiger partial charge in [0, 0.05) is 25.6 Å². The third kappa shape index (κ3) is 4.31. The first-order valence-electron chi connectivity index (χ1n) is 6.95. The molecule has 1 amide bonds. The van der Waals surface area contributed by atoms with Gasteiger partial charge in [-0.2, -0.15) is 0 Å². The van der Waals surface area contributed by atoms with E-state index in [1.165, 1.54) is 12.1 Å². The molecule has 3 nitrogen and oxygen atoms in total. The Labute approximate surface area is 113 Å². The fourth-order valence-corrected chi connectivity index (χ4v) is 2.15. The number of rotatable bonds is 7. The van der Waals surface area contributed by atoms with Crippen molar-refractivity contribution in [3.05, 3.63) is 35.6 Å². The first-order valence-corrected chi connectivity index (χ1v) is 6.95. The van der Waals surface area contributed by atoms with E-state index >= 15 is 0 Å². The maximum atomic E-state index is 13.2. The van der Waals surface area contributed by atoms with Gasteiger partial charge in [0.15, 0.2) is 0 Å². The van der Waals surface area contributed by atoms with Crippen LogP contribution in [0.15, 0.2) is 24.3 Å². The van der Waals surface area contributed by atoms with Crippen molar-refractivity contribution in [1.29, 1.82) is 0 Å². The van der Waals surface area contributed by atoms with E-state index in [0.717, 1.165) is 24.9 Å². The number of carbonyl (C=O) groups excluding carboxylic acids is 1. The number of benzene rings is 1. The second-order valence-electron chi connectivity index (χ2n) is 4.99. The molecule has 1 aromatic carbocycles. The lowest BCUT2D eigenvalue weighted by Gasteiger charge is -2.22. The lowest BCUT2D eigenvalue weighted by Crippen LogP contribution is -2.34.